The quantitative estimate of drug-likeness (QED) is 0.693. The highest BCUT2D eigenvalue weighted by molar-refractivity contribution is 5.84. The lowest BCUT2D eigenvalue weighted by molar-refractivity contribution is 0.153. The van der Waals surface area contributed by atoms with E-state index in [9.17, 15) is 8.78 Å². The Bertz CT molecular complexity index is 431. The van der Waals surface area contributed by atoms with Crippen LogP contribution in [-0.2, 0) is 0 Å². The summed E-state index contributed by atoms with van der Waals surface area (Å²) in [6, 6.07) is 6.64. The summed E-state index contributed by atoms with van der Waals surface area (Å²) in [7, 11) is 0. The van der Waals surface area contributed by atoms with Gasteiger partial charge in [0.25, 0.3) is 6.43 Å². The Balaban J connectivity index is 2.75. The van der Waals surface area contributed by atoms with E-state index in [-0.39, 0.29) is 5.56 Å². The normalized spacial score (nSPS) is 11.4. The van der Waals surface area contributed by atoms with Gasteiger partial charge in [-0.15, -0.1) is 0 Å². The number of fused-ring (bicyclic) bond motifs is 1. The summed E-state index contributed by atoms with van der Waals surface area (Å²) in [5.41, 5.74) is 1.78. The van der Waals surface area contributed by atoms with Crippen LogP contribution in [-0.4, -0.2) is 4.98 Å². The molecule has 0 saturated heterocycles. The number of nitrogens with one attached hydrogen (secondary N) is 1. The van der Waals surface area contributed by atoms with E-state index in [0.29, 0.717) is 5.39 Å². The van der Waals surface area contributed by atoms with Crippen molar-refractivity contribution < 1.29 is 8.78 Å². The van der Waals surface area contributed by atoms with Gasteiger partial charge in [-0.25, -0.2) is 8.78 Å². The molecule has 0 radical (unpaired) electrons. The summed E-state index contributed by atoms with van der Waals surface area (Å²) in [5, 5.41) is 0.620. The van der Waals surface area contributed by atoms with Crippen molar-refractivity contribution in [2.75, 3.05) is 0 Å². The van der Waals surface area contributed by atoms with Crippen LogP contribution in [0.2, 0.25) is 0 Å². The first-order chi connectivity index (χ1) is 6.18. The van der Waals surface area contributed by atoms with Crippen LogP contribution in [0.5, 0.6) is 0 Å². The second-order valence-corrected chi connectivity index (χ2v) is 3.06. The number of benzene rings is 1. The zero-order valence-corrected chi connectivity index (χ0v) is 7.14. The zero-order chi connectivity index (χ0) is 9.42. The minimum absolute atomic E-state index is 0.0989. The van der Waals surface area contributed by atoms with Crippen LogP contribution in [0.25, 0.3) is 10.9 Å². The molecule has 0 aliphatic carbocycles. The van der Waals surface area contributed by atoms with E-state index in [4.69, 9.17) is 0 Å². The van der Waals surface area contributed by atoms with E-state index in [1.165, 1.54) is 6.07 Å². The van der Waals surface area contributed by atoms with Gasteiger partial charge < -0.3 is 4.98 Å². The summed E-state index contributed by atoms with van der Waals surface area (Å²) in [4.78, 5) is 3.02. The largest absolute Gasteiger partial charge is 0.359 e. The molecule has 13 heavy (non-hydrogen) atoms. The molecule has 1 nitrogen and oxygen atoms in total. The fourth-order valence-electron chi connectivity index (χ4n) is 1.51. The molecule has 2 rings (SSSR count). The lowest BCUT2D eigenvalue weighted by atomic mass is 10.1. The molecular formula is C10H9F2N. The average Bonchev–Trinajstić information content (AvgIpc) is 2.43. The molecule has 1 aromatic carbocycles. The Morgan fingerprint density at radius 2 is 2.08 bits per heavy atom. The molecular weight excluding hydrogens is 172 g/mol. The van der Waals surface area contributed by atoms with Gasteiger partial charge in [0.05, 0.1) is 0 Å². The fraction of sp³-hybridized carbons (Fsp3) is 0.200. The average molecular weight is 181 g/mol. The minimum Gasteiger partial charge on any atom is -0.359 e. The van der Waals surface area contributed by atoms with Crippen LogP contribution in [0.4, 0.5) is 8.78 Å². The fourth-order valence-corrected chi connectivity index (χ4v) is 1.51. The molecule has 0 unspecified atom stereocenters. The van der Waals surface area contributed by atoms with E-state index in [1.54, 1.807) is 18.2 Å². The highest BCUT2D eigenvalue weighted by Crippen LogP contribution is 2.27. The summed E-state index contributed by atoms with van der Waals surface area (Å²) < 4.78 is 25.0. The molecule has 1 N–H and O–H groups in total. The van der Waals surface area contributed by atoms with Gasteiger partial charge in [0.15, 0.2) is 0 Å². The van der Waals surface area contributed by atoms with Crippen molar-refractivity contribution in [3.8, 4) is 0 Å². The maximum Gasteiger partial charge on any atom is 0.264 e. The maximum atomic E-state index is 12.5. The van der Waals surface area contributed by atoms with Crippen LogP contribution in [0.15, 0.2) is 24.3 Å². The lowest BCUT2D eigenvalue weighted by Gasteiger charge is -1.99. The molecule has 1 heterocycles. The second-order valence-electron chi connectivity index (χ2n) is 3.06. The smallest absolute Gasteiger partial charge is 0.264 e. The highest BCUT2D eigenvalue weighted by atomic mass is 19.3. The molecule has 68 valence electrons. The van der Waals surface area contributed by atoms with E-state index in [1.807, 2.05) is 6.92 Å². The number of hydrogen-bond donors (Lipinski definition) is 1. The summed E-state index contributed by atoms with van der Waals surface area (Å²) in [5.74, 6) is 0. The number of H-pyrrole nitrogens is 1. The van der Waals surface area contributed by atoms with E-state index >= 15 is 0 Å². The van der Waals surface area contributed by atoms with Gasteiger partial charge in [-0.1, -0.05) is 12.1 Å². The Hall–Kier alpha value is -1.38. The molecule has 0 aliphatic heterocycles. The minimum atomic E-state index is -2.40. The first-order valence-electron chi connectivity index (χ1n) is 4.05. The molecule has 0 aliphatic rings. The van der Waals surface area contributed by atoms with E-state index in [0.717, 1.165) is 11.2 Å². The van der Waals surface area contributed by atoms with Gasteiger partial charge in [-0.05, 0) is 19.1 Å². The number of aromatic amines is 1. The molecule has 1 aromatic heterocycles. The topological polar surface area (TPSA) is 15.8 Å². The third-order valence-corrected chi connectivity index (χ3v) is 2.07. The number of aryl methyl sites for hydroxylation is 1. The molecule has 0 spiro atoms. The second kappa shape index (κ2) is 2.83. The standard InChI is InChI=1S/C10H9F2N/c1-6-5-8-7(10(11)12)3-2-4-9(8)13-6/h2-5,10,13H,1H3. The number of alkyl halides is 2. The lowest BCUT2D eigenvalue weighted by Crippen LogP contribution is -1.83. The van der Waals surface area contributed by atoms with Gasteiger partial charge in [0, 0.05) is 22.2 Å². The van der Waals surface area contributed by atoms with Crippen LogP contribution >= 0.6 is 0 Å². The third kappa shape index (κ3) is 1.30. The van der Waals surface area contributed by atoms with Crippen molar-refractivity contribution in [1.82, 2.24) is 4.98 Å². The number of rotatable bonds is 1. The predicted molar refractivity (Wildman–Crippen MR) is 48.0 cm³/mol. The Labute approximate surface area is 74.4 Å². The number of aromatic nitrogens is 1. The Morgan fingerprint density at radius 3 is 2.77 bits per heavy atom. The SMILES string of the molecule is Cc1cc2c(C(F)F)cccc2[nH]1. The zero-order valence-electron chi connectivity index (χ0n) is 7.14. The van der Waals surface area contributed by atoms with Gasteiger partial charge in [-0.2, -0.15) is 0 Å². The van der Waals surface area contributed by atoms with Crippen LogP contribution < -0.4 is 0 Å². The molecule has 0 amide bonds. The third-order valence-electron chi connectivity index (χ3n) is 2.07. The van der Waals surface area contributed by atoms with E-state index < -0.39 is 6.43 Å². The van der Waals surface area contributed by atoms with Crippen LogP contribution in [0.1, 0.15) is 17.7 Å². The number of hydrogen-bond acceptors (Lipinski definition) is 0. The Kier molecular flexibility index (Phi) is 1.79. The molecule has 0 atom stereocenters. The van der Waals surface area contributed by atoms with Crippen molar-refractivity contribution >= 4 is 10.9 Å². The van der Waals surface area contributed by atoms with Crippen LogP contribution in [0.3, 0.4) is 0 Å². The van der Waals surface area contributed by atoms with Crippen molar-refractivity contribution in [3.63, 3.8) is 0 Å². The summed E-state index contributed by atoms with van der Waals surface area (Å²) in [6.07, 6.45) is -2.40. The van der Waals surface area contributed by atoms with Crippen LogP contribution in [0, 0.1) is 6.92 Å². The molecule has 2 aromatic rings. The summed E-state index contributed by atoms with van der Waals surface area (Å²) in [6.45, 7) is 1.86. The molecule has 3 heteroatoms. The highest BCUT2D eigenvalue weighted by Gasteiger charge is 2.11. The summed E-state index contributed by atoms with van der Waals surface area (Å²) >= 11 is 0. The monoisotopic (exact) mass is 181 g/mol. The predicted octanol–water partition coefficient (Wildman–Crippen LogP) is 3.41. The first-order valence-corrected chi connectivity index (χ1v) is 4.05. The van der Waals surface area contributed by atoms with Gasteiger partial charge >= 0.3 is 0 Å². The van der Waals surface area contributed by atoms with Crippen molar-refractivity contribution in [2.45, 2.75) is 13.3 Å². The van der Waals surface area contributed by atoms with Gasteiger partial charge in [-0.3, -0.25) is 0 Å². The van der Waals surface area contributed by atoms with E-state index in [2.05, 4.69) is 4.98 Å². The Morgan fingerprint density at radius 1 is 1.31 bits per heavy atom. The first kappa shape index (κ1) is 8.23. The molecule has 0 fully saturated rings. The van der Waals surface area contributed by atoms with Crippen molar-refractivity contribution in [3.05, 3.63) is 35.5 Å². The van der Waals surface area contributed by atoms with Crippen molar-refractivity contribution in [2.24, 2.45) is 0 Å². The van der Waals surface area contributed by atoms with Crippen molar-refractivity contribution in [1.29, 1.82) is 0 Å². The van der Waals surface area contributed by atoms with Gasteiger partial charge in [0.1, 0.15) is 0 Å². The molecule has 0 saturated carbocycles. The number of halogens is 2. The molecule has 0 bridgehead atoms. The van der Waals surface area contributed by atoms with Gasteiger partial charge in [0.2, 0.25) is 0 Å². The maximum absolute atomic E-state index is 12.5.